The predicted octanol–water partition coefficient (Wildman–Crippen LogP) is -0.0807. The molecule has 4 N–H and O–H groups in total. The van der Waals surface area contributed by atoms with Crippen LogP contribution in [0.5, 0.6) is 5.75 Å². The summed E-state index contributed by atoms with van der Waals surface area (Å²) in [6.45, 7) is -0.0868. The van der Waals surface area contributed by atoms with Crippen LogP contribution in [-0.2, 0) is 16.1 Å². The van der Waals surface area contributed by atoms with Gasteiger partial charge in [0.25, 0.3) is 11.7 Å². The number of nitrogens with zero attached hydrogens (tertiary/aromatic N) is 2. The lowest BCUT2D eigenvalue weighted by molar-refractivity contribution is -0.126. The molecule has 10 heteroatoms. The van der Waals surface area contributed by atoms with Gasteiger partial charge in [0.1, 0.15) is 5.75 Å². The molecule has 0 saturated heterocycles. The molecular weight excluding hydrogens is 330 g/mol. The third-order valence-electron chi connectivity index (χ3n) is 3.72. The first-order chi connectivity index (χ1) is 12.0. The van der Waals surface area contributed by atoms with Gasteiger partial charge >= 0.3 is 0 Å². The minimum Gasteiger partial charge on any atom is -0.497 e. The number of aromatic nitrogens is 2. The Hall–Kier alpha value is -3.43. The van der Waals surface area contributed by atoms with Crippen molar-refractivity contribution in [2.24, 2.45) is 5.73 Å². The van der Waals surface area contributed by atoms with E-state index in [2.05, 4.69) is 20.8 Å². The molecule has 0 saturated carbocycles. The SMILES string of the molecule is COc1ccc2c(c1)[C@@H](C(=O)NCc1nc(C(N)=O)no1)CC(=O)N2. The third-order valence-corrected chi connectivity index (χ3v) is 3.72. The van der Waals surface area contributed by atoms with E-state index < -0.39 is 11.8 Å². The van der Waals surface area contributed by atoms with Crippen LogP contribution in [0.25, 0.3) is 0 Å². The van der Waals surface area contributed by atoms with Crippen LogP contribution in [0.2, 0.25) is 0 Å². The van der Waals surface area contributed by atoms with E-state index in [1.165, 1.54) is 7.11 Å². The average molecular weight is 345 g/mol. The number of benzene rings is 1. The van der Waals surface area contributed by atoms with Gasteiger partial charge in [-0.2, -0.15) is 4.98 Å². The van der Waals surface area contributed by atoms with Gasteiger partial charge in [-0.05, 0) is 23.8 Å². The number of anilines is 1. The van der Waals surface area contributed by atoms with Crippen LogP contribution in [0.3, 0.4) is 0 Å². The summed E-state index contributed by atoms with van der Waals surface area (Å²) in [7, 11) is 1.52. The Kier molecular flexibility index (Phi) is 4.33. The Bertz CT molecular complexity index is 847. The second-order valence-electron chi connectivity index (χ2n) is 5.35. The topological polar surface area (TPSA) is 149 Å². The zero-order valence-corrected chi connectivity index (χ0v) is 13.2. The highest BCUT2D eigenvalue weighted by atomic mass is 16.5. The van der Waals surface area contributed by atoms with E-state index in [4.69, 9.17) is 15.0 Å². The Morgan fingerprint density at radius 1 is 1.48 bits per heavy atom. The average Bonchev–Trinajstić information content (AvgIpc) is 3.08. The van der Waals surface area contributed by atoms with Crippen molar-refractivity contribution >= 4 is 23.4 Å². The molecule has 0 fully saturated rings. The largest absolute Gasteiger partial charge is 0.497 e. The lowest BCUT2D eigenvalue weighted by Crippen LogP contribution is -2.34. The van der Waals surface area contributed by atoms with Crippen LogP contribution in [-0.4, -0.2) is 35.0 Å². The fraction of sp³-hybridized carbons (Fsp3) is 0.267. The van der Waals surface area contributed by atoms with Crippen LogP contribution >= 0.6 is 0 Å². The van der Waals surface area contributed by atoms with E-state index in [0.29, 0.717) is 17.0 Å². The van der Waals surface area contributed by atoms with Crippen molar-refractivity contribution in [2.75, 3.05) is 12.4 Å². The van der Waals surface area contributed by atoms with Gasteiger partial charge < -0.3 is 25.6 Å². The maximum absolute atomic E-state index is 12.5. The number of carbonyl (C=O) groups excluding carboxylic acids is 3. The molecular formula is C15H15N5O5. The van der Waals surface area contributed by atoms with E-state index in [9.17, 15) is 14.4 Å². The van der Waals surface area contributed by atoms with Crippen molar-refractivity contribution < 1.29 is 23.6 Å². The van der Waals surface area contributed by atoms with Gasteiger partial charge in [-0.3, -0.25) is 14.4 Å². The summed E-state index contributed by atoms with van der Waals surface area (Å²) in [5, 5.41) is 8.71. The molecule has 3 amide bonds. The first-order valence-electron chi connectivity index (χ1n) is 7.36. The van der Waals surface area contributed by atoms with E-state index >= 15 is 0 Å². The van der Waals surface area contributed by atoms with Crippen LogP contribution < -0.4 is 21.1 Å². The van der Waals surface area contributed by atoms with Crippen molar-refractivity contribution in [1.29, 1.82) is 0 Å². The van der Waals surface area contributed by atoms with Crippen molar-refractivity contribution in [2.45, 2.75) is 18.9 Å². The van der Waals surface area contributed by atoms with E-state index in [1.807, 2.05) is 0 Å². The molecule has 10 nitrogen and oxygen atoms in total. The van der Waals surface area contributed by atoms with Crippen LogP contribution in [0.1, 0.15) is 34.4 Å². The van der Waals surface area contributed by atoms with E-state index in [-0.39, 0.29) is 36.5 Å². The summed E-state index contributed by atoms with van der Waals surface area (Å²) in [5.74, 6) is -1.81. The number of hydrogen-bond donors (Lipinski definition) is 3. The third kappa shape index (κ3) is 3.42. The summed E-state index contributed by atoms with van der Waals surface area (Å²) in [6.07, 6.45) is 0.00235. The Morgan fingerprint density at radius 2 is 2.28 bits per heavy atom. The zero-order valence-electron chi connectivity index (χ0n) is 13.2. The first kappa shape index (κ1) is 16.4. The summed E-state index contributed by atoms with van der Waals surface area (Å²) in [4.78, 5) is 39.0. The van der Waals surface area contributed by atoms with Gasteiger partial charge in [0.15, 0.2) is 0 Å². The first-order valence-corrected chi connectivity index (χ1v) is 7.36. The molecule has 1 aromatic heterocycles. The minimum absolute atomic E-state index is 0.00235. The molecule has 3 rings (SSSR count). The van der Waals surface area contributed by atoms with E-state index in [1.54, 1.807) is 18.2 Å². The Labute approximate surface area is 141 Å². The summed E-state index contributed by atoms with van der Waals surface area (Å²) in [5.41, 5.74) is 6.24. The van der Waals surface area contributed by atoms with Crippen molar-refractivity contribution in [3.8, 4) is 5.75 Å². The summed E-state index contributed by atoms with van der Waals surface area (Å²) >= 11 is 0. The molecule has 0 unspecified atom stereocenters. The molecule has 0 spiro atoms. The normalized spacial score (nSPS) is 15.9. The molecule has 2 aromatic rings. The number of nitrogens with one attached hydrogen (secondary N) is 2. The molecule has 0 bridgehead atoms. The maximum Gasteiger partial charge on any atom is 0.290 e. The minimum atomic E-state index is -0.827. The summed E-state index contributed by atoms with van der Waals surface area (Å²) in [6, 6.07) is 5.09. The zero-order chi connectivity index (χ0) is 18.0. The molecule has 2 heterocycles. The molecule has 0 aliphatic carbocycles. The number of primary amides is 1. The number of fused-ring (bicyclic) bond motifs is 1. The fourth-order valence-corrected chi connectivity index (χ4v) is 2.51. The van der Waals surface area contributed by atoms with Crippen molar-refractivity contribution in [3.63, 3.8) is 0 Å². The van der Waals surface area contributed by atoms with Crippen LogP contribution in [0.15, 0.2) is 22.7 Å². The quantitative estimate of drug-likeness (QED) is 0.686. The second-order valence-corrected chi connectivity index (χ2v) is 5.35. The molecule has 1 aliphatic heterocycles. The van der Waals surface area contributed by atoms with Crippen LogP contribution in [0, 0.1) is 0 Å². The highest BCUT2D eigenvalue weighted by Crippen LogP contribution is 2.35. The molecule has 1 atom stereocenters. The van der Waals surface area contributed by atoms with Crippen molar-refractivity contribution in [1.82, 2.24) is 15.5 Å². The maximum atomic E-state index is 12.5. The van der Waals surface area contributed by atoms with Gasteiger partial charge in [-0.1, -0.05) is 5.16 Å². The lowest BCUT2D eigenvalue weighted by Gasteiger charge is -2.25. The predicted molar refractivity (Wildman–Crippen MR) is 83.6 cm³/mol. The number of amides is 3. The number of carbonyl (C=O) groups is 3. The van der Waals surface area contributed by atoms with E-state index in [0.717, 1.165) is 0 Å². The fourth-order valence-electron chi connectivity index (χ4n) is 2.51. The van der Waals surface area contributed by atoms with Gasteiger partial charge in [0.2, 0.25) is 17.7 Å². The monoisotopic (exact) mass is 345 g/mol. The van der Waals surface area contributed by atoms with Crippen LogP contribution in [0.4, 0.5) is 5.69 Å². The van der Waals surface area contributed by atoms with Gasteiger partial charge in [-0.25, -0.2) is 0 Å². The molecule has 130 valence electrons. The van der Waals surface area contributed by atoms with Gasteiger partial charge in [0, 0.05) is 12.1 Å². The van der Waals surface area contributed by atoms with Gasteiger partial charge in [0.05, 0.1) is 19.6 Å². The smallest absolute Gasteiger partial charge is 0.290 e. The molecule has 0 radical (unpaired) electrons. The summed E-state index contributed by atoms with van der Waals surface area (Å²) < 4.78 is 9.98. The second kappa shape index (κ2) is 6.59. The number of rotatable bonds is 5. The highest BCUT2D eigenvalue weighted by Gasteiger charge is 2.31. The number of nitrogens with two attached hydrogens (primary N) is 1. The number of hydrogen-bond acceptors (Lipinski definition) is 7. The molecule has 25 heavy (non-hydrogen) atoms. The van der Waals surface area contributed by atoms with Gasteiger partial charge in [-0.15, -0.1) is 0 Å². The van der Waals surface area contributed by atoms with Crippen molar-refractivity contribution in [3.05, 3.63) is 35.5 Å². The Balaban J connectivity index is 1.75. The molecule has 1 aromatic carbocycles. The Morgan fingerprint density at radius 3 is 2.96 bits per heavy atom. The number of methoxy groups -OCH3 is 1. The standard InChI is InChI=1S/C15H15N5O5/c1-24-7-2-3-10-8(4-7)9(5-11(21)18-10)15(23)17-6-12-19-14(13(16)22)20-25-12/h2-4,9H,5-6H2,1H3,(H2,16,22)(H,17,23)(H,18,21)/t9-/m0/s1. The number of ether oxygens (including phenoxy) is 1. The molecule has 1 aliphatic rings. The highest BCUT2D eigenvalue weighted by molar-refractivity contribution is 6.01. The lowest BCUT2D eigenvalue weighted by atomic mass is 9.89.